The Morgan fingerprint density at radius 3 is 2.60 bits per heavy atom. The van der Waals surface area contributed by atoms with Gasteiger partial charge in [0.1, 0.15) is 5.75 Å². The van der Waals surface area contributed by atoms with E-state index in [4.69, 9.17) is 4.74 Å². The van der Waals surface area contributed by atoms with Crippen LogP contribution >= 0.6 is 0 Å². The van der Waals surface area contributed by atoms with Gasteiger partial charge in [0.25, 0.3) is 5.69 Å². The van der Waals surface area contributed by atoms with E-state index in [9.17, 15) is 10.1 Å². The van der Waals surface area contributed by atoms with E-state index >= 15 is 0 Å². The second-order valence-electron chi connectivity index (χ2n) is 3.57. The minimum atomic E-state index is -0.356. The predicted octanol–water partition coefficient (Wildman–Crippen LogP) is 3.12. The summed E-state index contributed by atoms with van der Waals surface area (Å²) in [6, 6.07) is 4.88. The Balaban J connectivity index is 3.15. The summed E-state index contributed by atoms with van der Waals surface area (Å²) in [7, 11) is 0. The minimum Gasteiger partial charge on any atom is -0.494 e. The third kappa shape index (κ3) is 2.68. The number of ether oxygens (including phenoxy) is 1. The van der Waals surface area contributed by atoms with Crippen LogP contribution in [0.2, 0.25) is 0 Å². The summed E-state index contributed by atoms with van der Waals surface area (Å²) in [6.45, 7) is 6.31. The van der Waals surface area contributed by atoms with Crippen molar-refractivity contribution in [3.05, 3.63) is 33.9 Å². The number of rotatable bonds is 4. The fourth-order valence-electron chi connectivity index (χ4n) is 1.42. The number of hydrogen-bond donors (Lipinski definition) is 0. The lowest BCUT2D eigenvalue weighted by atomic mass is 10.0. The van der Waals surface area contributed by atoms with Gasteiger partial charge in [0.05, 0.1) is 11.5 Å². The summed E-state index contributed by atoms with van der Waals surface area (Å²) >= 11 is 0. The molecule has 0 amide bonds. The molecule has 0 saturated carbocycles. The molecule has 0 radical (unpaired) electrons. The molecule has 1 rings (SSSR count). The van der Waals surface area contributed by atoms with Crippen molar-refractivity contribution in [1.29, 1.82) is 0 Å². The largest absolute Gasteiger partial charge is 0.494 e. The van der Waals surface area contributed by atoms with E-state index in [1.807, 2.05) is 20.8 Å². The molecule has 4 heteroatoms. The van der Waals surface area contributed by atoms with Crippen LogP contribution in [0.5, 0.6) is 5.75 Å². The maximum Gasteiger partial charge on any atom is 0.273 e. The molecule has 0 aliphatic carbocycles. The second-order valence-corrected chi connectivity index (χ2v) is 3.57. The molecule has 1 aromatic carbocycles. The van der Waals surface area contributed by atoms with E-state index in [2.05, 4.69) is 0 Å². The van der Waals surface area contributed by atoms with Crippen molar-refractivity contribution >= 4 is 5.69 Å². The molecule has 0 fully saturated rings. The fourth-order valence-corrected chi connectivity index (χ4v) is 1.42. The molecule has 0 aliphatic rings. The Morgan fingerprint density at radius 1 is 1.47 bits per heavy atom. The minimum absolute atomic E-state index is 0.116. The van der Waals surface area contributed by atoms with Crippen molar-refractivity contribution in [2.24, 2.45) is 0 Å². The molecule has 0 N–H and O–H groups in total. The zero-order chi connectivity index (χ0) is 11.4. The van der Waals surface area contributed by atoms with Gasteiger partial charge in [0.2, 0.25) is 0 Å². The first-order valence-corrected chi connectivity index (χ1v) is 4.97. The maximum atomic E-state index is 10.8. The Kier molecular flexibility index (Phi) is 3.66. The molecule has 4 nitrogen and oxygen atoms in total. The van der Waals surface area contributed by atoms with E-state index in [-0.39, 0.29) is 16.5 Å². The van der Waals surface area contributed by atoms with Gasteiger partial charge in [0.15, 0.2) is 0 Å². The standard InChI is InChI=1S/C11H15NO3/c1-4-15-9-5-6-11(12(13)14)10(7-9)8(2)3/h5-8H,4H2,1-3H3. The van der Waals surface area contributed by atoms with Crippen LogP contribution in [0.1, 0.15) is 32.3 Å². The van der Waals surface area contributed by atoms with Gasteiger partial charge in [-0.15, -0.1) is 0 Å². The Morgan fingerprint density at radius 2 is 2.13 bits per heavy atom. The smallest absolute Gasteiger partial charge is 0.273 e. The third-order valence-corrected chi connectivity index (χ3v) is 2.13. The predicted molar refractivity (Wildman–Crippen MR) is 58.4 cm³/mol. The quantitative estimate of drug-likeness (QED) is 0.565. The van der Waals surface area contributed by atoms with Crippen molar-refractivity contribution in [3.63, 3.8) is 0 Å². The first kappa shape index (κ1) is 11.5. The van der Waals surface area contributed by atoms with Crippen LogP contribution in [-0.4, -0.2) is 11.5 Å². The maximum absolute atomic E-state index is 10.8. The molecular weight excluding hydrogens is 194 g/mol. The van der Waals surface area contributed by atoms with Crippen molar-refractivity contribution in [2.45, 2.75) is 26.7 Å². The van der Waals surface area contributed by atoms with Gasteiger partial charge in [-0.1, -0.05) is 13.8 Å². The van der Waals surface area contributed by atoms with E-state index in [1.165, 1.54) is 6.07 Å². The van der Waals surface area contributed by atoms with Gasteiger partial charge in [-0.05, 0) is 25.0 Å². The molecule has 15 heavy (non-hydrogen) atoms. The summed E-state index contributed by atoms with van der Waals surface area (Å²) in [5.74, 6) is 0.803. The van der Waals surface area contributed by atoms with Gasteiger partial charge in [-0.2, -0.15) is 0 Å². The highest BCUT2D eigenvalue weighted by atomic mass is 16.6. The van der Waals surface area contributed by atoms with Gasteiger partial charge < -0.3 is 4.74 Å². The molecule has 0 heterocycles. The Bertz CT molecular complexity index is 361. The van der Waals surface area contributed by atoms with Crippen molar-refractivity contribution in [2.75, 3.05) is 6.61 Å². The third-order valence-electron chi connectivity index (χ3n) is 2.13. The molecule has 1 aromatic rings. The lowest BCUT2D eigenvalue weighted by molar-refractivity contribution is -0.385. The van der Waals surface area contributed by atoms with Crippen molar-refractivity contribution in [1.82, 2.24) is 0 Å². The lowest BCUT2D eigenvalue weighted by Gasteiger charge is -2.09. The highest BCUT2D eigenvalue weighted by Crippen LogP contribution is 2.29. The summed E-state index contributed by atoms with van der Waals surface area (Å²) < 4.78 is 5.31. The molecule has 0 bridgehead atoms. The molecule has 0 saturated heterocycles. The average Bonchev–Trinajstić information content (AvgIpc) is 2.17. The van der Waals surface area contributed by atoms with Crippen LogP contribution in [0, 0.1) is 10.1 Å². The molecule has 0 aliphatic heterocycles. The van der Waals surface area contributed by atoms with E-state index in [0.717, 1.165) is 0 Å². The number of nitro benzene ring substituents is 1. The van der Waals surface area contributed by atoms with Gasteiger partial charge in [-0.3, -0.25) is 10.1 Å². The van der Waals surface area contributed by atoms with Crippen LogP contribution in [0.3, 0.4) is 0 Å². The van der Waals surface area contributed by atoms with Crippen molar-refractivity contribution in [3.8, 4) is 5.75 Å². The van der Waals surface area contributed by atoms with Gasteiger partial charge in [0, 0.05) is 11.6 Å². The summed E-state index contributed by atoms with van der Waals surface area (Å²) in [6.07, 6.45) is 0. The van der Waals surface area contributed by atoms with Crippen LogP contribution in [0.15, 0.2) is 18.2 Å². The normalized spacial score (nSPS) is 10.4. The zero-order valence-electron chi connectivity index (χ0n) is 9.19. The first-order chi connectivity index (χ1) is 7.06. The number of hydrogen-bond acceptors (Lipinski definition) is 3. The summed E-state index contributed by atoms with van der Waals surface area (Å²) in [4.78, 5) is 10.4. The number of nitrogens with zero attached hydrogens (tertiary/aromatic N) is 1. The Labute approximate surface area is 89.0 Å². The molecular formula is C11H15NO3. The Hall–Kier alpha value is -1.58. The molecule has 0 spiro atoms. The van der Waals surface area contributed by atoms with Crippen LogP contribution in [-0.2, 0) is 0 Å². The average molecular weight is 209 g/mol. The SMILES string of the molecule is CCOc1ccc([N+](=O)[O-])c(C(C)C)c1. The van der Waals surface area contributed by atoms with Gasteiger partial charge in [-0.25, -0.2) is 0 Å². The monoisotopic (exact) mass is 209 g/mol. The van der Waals surface area contributed by atoms with E-state index < -0.39 is 0 Å². The first-order valence-electron chi connectivity index (χ1n) is 4.97. The van der Waals surface area contributed by atoms with E-state index in [1.54, 1.807) is 12.1 Å². The van der Waals surface area contributed by atoms with Crippen molar-refractivity contribution < 1.29 is 9.66 Å². The number of nitro groups is 1. The fraction of sp³-hybridized carbons (Fsp3) is 0.455. The molecule has 0 atom stereocenters. The summed E-state index contributed by atoms with van der Waals surface area (Å²) in [5.41, 5.74) is 0.874. The number of benzene rings is 1. The molecule has 82 valence electrons. The highest BCUT2D eigenvalue weighted by molar-refractivity contribution is 5.46. The lowest BCUT2D eigenvalue weighted by Crippen LogP contribution is -1.99. The van der Waals surface area contributed by atoms with Crippen LogP contribution < -0.4 is 4.74 Å². The van der Waals surface area contributed by atoms with E-state index in [0.29, 0.717) is 17.9 Å². The van der Waals surface area contributed by atoms with Crippen LogP contribution in [0.4, 0.5) is 5.69 Å². The van der Waals surface area contributed by atoms with Crippen LogP contribution in [0.25, 0.3) is 0 Å². The molecule has 0 unspecified atom stereocenters. The zero-order valence-corrected chi connectivity index (χ0v) is 9.19. The molecule has 0 aromatic heterocycles. The highest BCUT2D eigenvalue weighted by Gasteiger charge is 2.16. The topological polar surface area (TPSA) is 52.4 Å². The second kappa shape index (κ2) is 4.77. The summed E-state index contributed by atoms with van der Waals surface area (Å²) in [5, 5.41) is 10.8. The van der Waals surface area contributed by atoms with Gasteiger partial charge >= 0.3 is 0 Å².